The fourth-order valence-electron chi connectivity index (χ4n) is 3.32. The third-order valence-corrected chi connectivity index (χ3v) is 6.23. The summed E-state index contributed by atoms with van der Waals surface area (Å²) in [5.41, 5.74) is 7.70. The second kappa shape index (κ2) is 11.7. The van der Waals surface area contributed by atoms with Crippen molar-refractivity contribution >= 4 is 35.2 Å². The van der Waals surface area contributed by atoms with Gasteiger partial charge in [0.15, 0.2) is 11.5 Å². The van der Waals surface area contributed by atoms with Crippen LogP contribution in [0.2, 0.25) is 0 Å². The van der Waals surface area contributed by atoms with E-state index in [4.69, 9.17) is 15.2 Å². The Morgan fingerprint density at radius 2 is 1.79 bits per heavy atom. The summed E-state index contributed by atoms with van der Waals surface area (Å²) in [6.45, 7) is 2.06. The Morgan fingerprint density at radius 1 is 1.09 bits per heavy atom. The SMILES string of the molecule is CCc1ccc(NC(=O)CSC2NC(=O)C(NC(=O)c3ccc(OC)c(OC)c3)C(N)N2)cc1. The van der Waals surface area contributed by atoms with Gasteiger partial charge in [0.05, 0.1) is 26.1 Å². The van der Waals surface area contributed by atoms with Crippen LogP contribution in [0.3, 0.4) is 0 Å². The van der Waals surface area contributed by atoms with Gasteiger partial charge in [-0.15, -0.1) is 11.8 Å². The summed E-state index contributed by atoms with van der Waals surface area (Å²) in [6.07, 6.45) is 0.0765. The van der Waals surface area contributed by atoms with Gasteiger partial charge in [0.25, 0.3) is 5.91 Å². The van der Waals surface area contributed by atoms with Crippen molar-refractivity contribution in [2.45, 2.75) is 31.0 Å². The number of nitrogens with two attached hydrogens (primary N) is 1. The molecule has 2 aromatic carbocycles. The van der Waals surface area contributed by atoms with Crippen LogP contribution in [0.1, 0.15) is 22.8 Å². The lowest BCUT2D eigenvalue weighted by Crippen LogP contribution is -2.70. The van der Waals surface area contributed by atoms with Gasteiger partial charge < -0.3 is 31.2 Å². The summed E-state index contributed by atoms with van der Waals surface area (Å²) in [5, 5.41) is 11.2. The summed E-state index contributed by atoms with van der Waals surface area (Å²) in [6, 6.07) is 11.3. The fourth-order valence-corrected chi connectivity index (χ4v) is 4.16. The molecular weight excluding hydrogens is 458 g/mol. The van der Waals surface area contributed by atoms with Crippen LogP contribution in [0.15, 0.2) is 42.5 Å². The smallest absolute Gasteiger partial charge is 0.252 e. The Morgan fingerprint density at radius 3 is 2.41 bits per heavy atom. The second-order valence-electron chi connectivity index (χ2n) is 7.51. The highest BCUT2D eigenvalue weighted by Crippen LogP contribution is 2.27. The molecule has 0 saturated carbocycles. The Balaban J connectivity index is 1.51. The summed E-state index contributed by atoms with van der Waals surface area (Å²) >= 11 is 1.19. The van der Waals surface area contributed by atoms with Crippen molar-refractivity contribution < 1.29 is 23.9 Å². The molecule has 1 saturated heterocycles. The number of carbonyl (C=O) groups excluding carboxylic acids is 3. The molecule has 3 amide bonds. The number of thioether (sulfide) groups is 1. The lowest BCUT2D eigenvalue weighted by Gasteiger charge is -2.35. The van der Waals surface area contributed by atoms with Gasteiger partial charge in [-0.1, -0.05) is 19.1 Å². The summed E-state index contributed by atoms with van der Waals surface area (Å²) in [5.74, 6) is -0.173. The first kappa shape index (κ1) is 25.3. The average molecular weight is 488 g/mol. The summed E-state index contributed by atoms with van der Waals surface area (Å²) in [7, 11) is 2.96. The van der Waals surface area contributed by atoms with E-state index in [0.717, 1.165) is 6.42 Å². The monoisotopic (exact) mass is 487 g/mol. The van der Waals surface area contributed by atoms with Gasteiger partial charge in [-0.2, -0.15) is 0 Å². The zero-order chi connectivity index (χ0) is 24.7. The van der Waals surface area contributed by atoms with E-state index in [1.807, 2.05) is 24.3 Å². The molecule has 0 bridgehead atoms. The average Bonchev–Trinajstić information content (AvgIpc) is 2.84. The zero-order valence-electron chi connectivity index (χ0n) is 19.2. The molecule has 1 fully saturated rings. The quantitative estimate of drug-likeness (QED) is 0.353. The molecule has 3 unspecified atom stereocenters. The minimum atomic E-state index is -0.997. The Labute approximate surface area is 202 Å². The molecule has 0 spiro atoms. The number of carbonyl (C=O) groups is 3. The van der Waals surface area contributed by atoms with Gasteiger partial charge in [0, 0.05) is 11.3 Å². The number of hydrogen-bond acceptors (Lipinski definition) is 8. The topological polar surface area (TPSA) is 144 Å². The molecule has 2 aromatic rings. The van der Waals surface area contributed by atoms with Gasteiger partial charge in [-0.3, -0.25) is 19.7 Å². The maximum atomic E-state index is 12.7. The molecular formula is C23H29N5O5S. The molecule has 11 heteroatoms. The van der Waals surface area contributed by atoms with Crippen LogP contribution < -0.4 is 36.5 Å². The minimum absolute atomic E-state index is 0.100. The lowest BCUT2D eigenvalue weighted by atomic mass is 10.1. The molecule has 34 heavy (non-hydrogen) atoms. The third kappa shape index (κ3) is 6.40. The normalized spacial score (nSPS) is 19.6. The van der Waals surface area contributed by atoms with Crippen molar-refractivity contribution in [3.63, 3.8) is 0 Å². The number of anilines is 1. The van der Waals surface area contributed by atoms with E-state index in [2.05, 4.69) is 28.2 Å². The highest BCUT2D eigenvalue weighted by atomic mass is 32.2. The molecule has 0 aliphatic carbocycles. The summed E-state index contributed by atoms with van der Waals surface area (Å²) in [4.78, 5) is 37.5. The number of benzene rings is 2. The largest absolute Gasteiger partial charge is 0.493 e. The molecule has 1 heterocycles. The van der Waals surface area contributed by atoms with E-state index in [1.165, 1.54) is 37.6 Å². The Kier molecular flexibility index (Phi) is 8.74. The van der Waals surface area contributed by atoms with Gasteiger partial charge in [-0.25, -0.2) is 0 Å². The molecule has 3 rings (SSSR count). The Hall–Kier alpha value is -3.28. The van der Waals surface area contributed by atoms with E-state index in [-0.39, 0.29) is 17.2 Å². The molecule has 6 N–H and O–H groups in total. The van der Waals surface area contributed by atoms with Crippen LogP contribution >= 0.6 is 11.8 Å². The van der Waals surface area contributed by atoms with Crippen molar-refractivity contribution in [3.05, 3.63) is 53.6 Å². The molecule has 3 atom stereocenters. The number of rotatable bonds is 9. The first-order valence-electron chi connectivity index (χ1n) is 10.7. The Bertz CT molecular complexity index is 1030. The molecule has 0 aromatic heterocycles. The third-order valence-electron chi connectivity index (χ3n) is 5.22. The predicted octanol–water partition coefficient (Wildman–Crippen LogP) is 1.02. The van der Waals surface area contributed by atoms with Crippen LogP contribution in [0.25, 0.3) is 0 Å². The maximum absolute atomic E-state index is 12.7. The van der Waals surface area contributed by atoms with Crippen molar-refractivity contribution in [3.8, 4) is 11.5 Å². The molecule has 182 valence electrons. The van der Waals surface area contributed by atoms with Crippen molar-refractivity contribution in [1.29, 1.82) is 0 Å². The van der Waals surface area contributed by atoms with Gasteiger partial charge >= 0.3 is 0 Å². The van der Waals surface area contributed by atoms with Crippen LogP contribution in [-0.4, -0.2) is 55.4 Å². The van der Waals surface area contributed by atoms with Crippen molar-refractivity contribution in [2.75, 3.05) is 25.3 Å². The highest BCUT2D eigenvalue weighted by Gasteiger charge is 2.35. The number of amides is 3. The molecule has 1 aliphatic rings. The van der Waals surface area contributed by atoms with Gasteiger partial charge in [-0.05, 0) is 42.3 Å². The standard InChI is InChI=1S/C23H29N5O5S/c1-4-13-5-8-15(9-6-13)25-18(29)12-34-23-27-20(24)19(22(31)28-23)26-21(30)14-7-10-16(32-2)17(11-14)33-3/h5-11,19-20,23,27H,4,12,24H2,1-3H3,(H,25,29)(H,26,30)(H,28,31). The second-order valence-corrected chi connectivity index (χ2v) is 8.61. The van der Waals surface area contributed by atoms with E-state index in [9.17, 15) is 14.4 Å². The van der Waals surface area contributed by atoms with Gasteiger partial charge in [0.1, 0.15) is 11.5 Å². The number of hydrogen-bond donors (Lipinski definition) is 5. The number of ether oxygens (including phenoxy) is 2. The maximum Gasteiger partial charge on any atom is 0.252 e. The first-order chi connectivity index (χ1) is 16.3. The molecule has 1 aliphatic heterocycles. The van der Waals surface area contributed by atoms with Gasteiger partial charge in [0.2, 0.25) is 11.8 Å². The van der Waals surface area contributed by atoms with Crippen molar-refractivity contribution in [1.82, 2.24) is 16.0 Å². The minimum Gasteiger partial charge on any atom is -0.493 e. The van der Waals surface area contributed by atoms with E-state index in [1.54, 1.807) is 12.1 Å². The van der Waals surface area contributed by atoms with Crippen molar-refractivity contribution in [2.24, 2.45) is 5.73 Å². The number of nitrogens with one attached hydrogen (secondary N) is 4. The van der Waals surface area contributed by atoms with Crippen LogP contribution in [-0.2, 0) is 16.0 Å². The fraction of sp³-hybridized carbons (Fsp3) is 0.348. The van der Waals surface area contributed by atoms with Crippen LogP contribution in [0.5, 0.6) is 11.5 Å². The van der Waals surface area contributed by atoms with Crippen LogP contribution in [0.4, 0.5) is 5.69 Å². The zero-order valence-corrected chi connectivity index (χ0v) is 20.0. The van der Waals surface area contributed by atoms with E-state index < -0.39 is 29.5 Å². The summed E-state index contributed by atoms with van der Waals surface area (Å²) < 4.78 is 10.4. The van der Waals surface area contributed by atoms with E-state index >= 15 is 0 Å². The highest BCUT2D eigenvalue weighted by molar-refractivity contribution is 8.00. The molecule has 10 nitrogen and oxygen atoms in total. The van der Waals surface area contributed by atoms with Crippen LogP contribution in [0, 0.1) is 0 Å². The molecule has 0 radical (unpaired) electrons. The number of aryl methyl sites for hydroxylation is 1. The first-order valence-corrected chi connectivity index (χ1v) is 11.7. The lowest BCUT2D eigenvalue weighted by molar-refractivity contribution is -0.125. The number of methoxy groups -OCH3 is 2. The predicted molar refractivity (Wildman–Crippen MR) is 131 cm³/mol. The van der Waals surface area contributed by atoms with E-state index in [0.29, 0.717) is 17.2 Å².